The maximum atomic E-state index is 13.2. The van der Waals surface area contributed by atoms with Gasteiger partial charge in [-0.05, 0) is 63.6 Å². The molecule has 1 aromatic rings. The van der Waals surface area contributed by atoms with Gasteiger partial charge < -0.3 is 20.3 Å². The van der Waals surface area contributed by atoms with Crippen molar-refractivity contribution in [2.75, 3.05) is 26.2 Å². The molecule has 1 heterocycles. The van der Waals surface area contributed by atoms with Crippen LogP contribution in [0, 0.1) is 11.7 Å². The third-order valence-corrected chi connectivity index (χ3v) is 4.87. The van der Waals surface area contributed by atoms with Crippen LogP contribution in [0.15, 0.2) is 24.3 Å². The second-order valence-corrected chi connectivity index (χ2v) is 8.61. The number of amides is 3. The average molecular weight is 422 g/mol. The highest BCUT2D eigenvalue weighted by Gasteiger charge is 2.24. The SMILES string of the molecule is CC(C)(C)OC(=O)NCC(=O)N1CCC(CNC(=O)CCc2cccc(F)c2)CC1. The van der Waals surface area contributed by atoms with Gasteiger partial charge in [-0.1, -0.05) is 12.1 Å². The van der Waals surface area contributed by atoms with Crippen molar-refractivity contribution >= 4 is 17.9 Å². The van der Waals surface area contributed by atoms with Crippen LogP contribution in [-0.4, -0.2) is 54.6 Å². The Kier molecular flexibility index (Phi) is 8.62. The first-order valence-corrected chi connectivity index (χ1v) is 10.4. The summed E-state index contributed by atoms with van der Waals surface area (Å²) in [6, 6.07) is 6.27. The van der Waals surface area contributed by atoms with Crippen molar-refractivity contribution in [3.63, 3.8) is 0 Å². The lowest BCUT2D eigenvalue weighted by Crippen LogP contribution is -2.46. The summed E-state index contributed by atoms with van der Waals surface area (Å²) in [5, 5.41) is 5.42. The monoisotopic (exact) mass is 421 g/mol. The minimum Gasteiger partial charge on any atom is -0.444 e. The highest BCUT2D eigenvalue weighted by molar-refractivity contribution is 5.82. The molecule has 1 aromatic carbocycles. The van der Waals surface area contributed by atoms with Gasteiger partial charge in [0.2, 0.25) is 11.8 Å². The zero-order chi connectivity index (χ0) is 22.1. The molecule has 30 heavy (non-hydrogen) atoms. The highest BCUT2D eigenvalue weighted by atomic mass is 19.1. The van der Waals surface area contributed by atoms with E-state index in [1.807, 2.05) is 0 Å². The van der Waals surface area contributed by atoms with Gasteiger partial charge in [-0.15, -0.1) is 0 Å². The Hall–Kier alpha value is -2.64. The van der Waals surface area contributed by atoms with Gasteiger partial charge in [-0.3, -0.25) is 9.59 Å². The van der Waals surface area contributed by atoms with E-state index in [9.17, 15) is 18.8 Å². The molecular formula is C22H32FN3O4. The van der Waals surface area contributed by atoms with E-state index in [4.69, 9.17) is 4.74 Å². The predicted molar refractivity (Wildman–Crippen MR) is 111 cm³/mol. The first kappa shape index (κ1) is 23.6. The molecule has 7 nitrogen and oxygen atoms in total. The van der Waals surface area contributed by atoms with Crippen molar-refractivity contribution in [2.45, 2.75) is 52.1 Å². The molecule has 0 unspecified atom stereocenters. The van der Waals surface area contributed by atoms with Gasteiger partial charge in [0.1, 0.15) is 18.0 Å². The molecule has 2 N–H and O–H groups in total. The number of hydrogen-bond donors (Lipinski definition) is 2. The third kappa shape index (κ3) is 8.80. The number of aryl methyl sites for hydroxylation is 1. The zero-order valence-corrected chi connectivity index (χ0v) is 18.0. The number of piperidine rings is 1. The lowest BCUT2D eigenvalue weighted by Gasteiger charge is -2.32. The number of likely N-dealkylation sites (tertiary alicyclic amines) is 1. The van der Waals surface area contributed by atoms with Gasteiger partial charge in [0.25, 0.3) is 0 Å². The summed E-state index contributed by atoms with van der Waals surface area (Å²) in [4.78, 5) is 37.7. The standard InChI is InChI=1S/C22H32FN3O4/c1-22(2,3)30-21(29)25-15-20(28)26-11-9-17(10-12-26)14-24-19(27)8-7-16-5-4-6-18(23)13-16/h4-6,13,17H,7-12,14-15H2,1-3H3,(H,24,27)(H,25,29). The van der Waals surface area contributed by atoms with E-state index in [0.29, 0.717) is 38.4 Å². The lowest BCUT2D eigenvalue weighted by atomic mass is 9.96. The molecule has 0 spiro atoms. The van der Waals surface area contributed by atoms with Crippen molar-refractivity contribution in [1.29, 1.82) is 0 Å². The minimum absolute atomic E-state index is 0.0562. The van der Waals surface area contributed by atoms with Crippen molar-refractivity contribution in [3.8, 4) is 0 Å². The molecule has 3 amide bonds. The molecule has 0 aromatic heterocycles. The molecule has 2 rings (SSSR count). The van der Waals surface area contributed by atoms with Gasteiger partial charge in [0.05, 0.1) is 0 Å². The fourth-order valence-corrected chi connectivity index (χ4v) is 3.26. The molecule has 0 saturated carbocycles. The second kappa shape index (κ2) is 10.9. The molecule has 1 aliphatic rings. The number of carbonyl (C=O) groups is 3. The summed E-state index contributed by atoms with van der Waals surface area (Å²) in [6.45, 7) is 6.96. The lowest BCUT2D eigenvalue weighted by molar-refractivity contribution is -0.131. The molecule has 0 atom stereocenters. The number of nitrogens with zero attached hydrogens (tertiary/aromatic N) is 1. The van der Waals surface area contributed by atoms with Crippen LogP contribution in [0.1, 0.15) is 45.6 Å². The topological polar surface area (TPSA) is 87.7 Å². The molecule has 166 valence electrons. The average Bonchev–Trinajstić information content (AvgIpc) is 2.68. The summed E-state index contributed by atoms with van der Waals surface area (Å²) in [5.41, 5.74) is 0.199. The maximum absolute atomic E-state index is 13.2. The van der Waals surface area contributed by atoms with E-state index >= 15 is 0 Å². The number of alkyl carbamates (subject to hydrolysis) is 1. The molecule has 0 radical (unpaired) electrons. The zero-order valence-electron chi connectivity index (χ0n) is 18.0. The van der Waals surface area contributed by atoms with E-state index in [1.54, 1.807) is 37.8 Å². The van der Waals surface area contributed by atoms with Gasteiger partial charge in [-0.2, -0.15) is 0 Å². The van der Waals surface area contributed by atoms with Crippen LogP contribution in [0.25, 0.3) is 0 Å². The summed E-state index contributed by atoms with van der Waals surface area (Å²) in [7, 11) is 0. The van der Waals surface area contributed by atoms with Gasteiger partial charge >= 0.3 is 6.09 Å². The van der Waals surface area contributed by atoms with Crippen molar-refractivity contribution in [2.24, 2.45) is 5.92 Å². The number of carbonyl (C=O) groups excluding carboxylic acids is 3. The van der Waals surface area contributed by atoms with Crippen LogP contribution >= 0.6 is 0 Å². The largest absolute Gasteiger partial charge is 0.444 e. The number of hydrogen-bond acceptors (Lipinski definition) is 4. The summed E-state index contributed by atoms with van der Waals surface area (Å²) >= 11 is 0. The summed E-state index contributed by atoms with van der Waals surface area (Å²) in [5.74, 6) is -0.181. The van der Waals surface area contributed by atoms with E-state index in [-0.39, 0.29) is 24.2 Å². The third-order valence-electron chi connectivity index (χ3n) is 4.87. The summed E-state index contributed by atoms with van der Waals surface area (Å²) in [6.07, 6.45) is 1.80. The first-order valence-electron chi connectivity index (χ1n) is 10.4. The number of nitrogens with one attached hydrogen (secondary N) is 2. The number of rotatable bonds is 7. The Labute approximate surface area is 177 Å². The normalized spacial score (nSPS) is 14.9. The van der Waals surface area contributed by atoms with Crippen molar-refractivity contribution in [3.05, 3.63) is 35.6 Å². The predicted octanol–water partition coefficient (Wildman–Crippen LogP) is 2.64. The summed E-state index contributed by atoms with van der Waals surface area (Å²) < 4.78 is 18.3. The first-order chi connectivity index (χ1) is 14.1. The Morgan fingerprint density at radius 3 is 2.50 bits per heavy atom. The fourth-order valence-electron chi connectivity index (χ4n) is 3.26. The van der Waals surface area contributed by atoms with Crippen LogP contribution in [0.2, 0.25) is 0 Å². The Bertz CT molecular complexity index is 740. The highest BCUT2D eigenvalue weighted by Crippen LogP contribution is 2.16. The van der Waals surface area contributed by atoms with Crippen LogP contribution in [0.3, 0.4) is 0 Å². The maximum Gasteiger partial charge on any atom is 0.408 e. The molecule has 1 aliphatic heterocycles. The second-order valence-electron chi connectivity index (χ2n) is 8.61. The van der Waals surface area contributed by atoms with Crippen molar-refractivity contribution in [1.82, 2.24) is 15.5 Å². The van der Waals surface area contributed by atoms with E-state index in [2.05, 4.69) is 10.6 Å². The van der Waals surface area contributed by atoms with Gasteiger partial charge in [0.15, 0.2) is 0 Å². The Morgan fingerprint density at radius 2 is 1.87 bits per heavy atom. The smallest absolute Gasteiger partial charge is 0.408 e. The number of benzene rings is 1. The minimum atomic E-state index is -0.605. The van der Waals surface area contributed by atoms with Crippen LogP contribution < -0.4 is 10.6 Å². The molecule has 1 fully saturated rings. The Morgan fingerprint density at radius 1 is 1.17 bits per heavy atom. The number of ether oxygens (including phenoxy) is 1. The molecule has 0 aliphatic carbocycles. The quantitative estimate of drug-likeness (QED) is 0.709. The van der Waals surface area contributed by atoms with Crippen molar-refractivity contribution < 1.29 is 23.5 Å². The molecule has 1 saturated heterocycles. The van der Waals surface area contributed by atoms with Crippen LogP contribution in [-0.2, 0) is 20.7 Å². The van der Waals surface area contributed by atoms with E-state index in [0.717, 1.165) is 18.4 Å². The van der Waals surface area contributed by atoms with Crippen LogP contribution in [0.5, 0.6) is 0 Å². The molecule has 0 bridgehead atoms. The number of halogens is 1. The van der Waals surface area contributed by atoms with Crippen LogP contribution in [0.4, 0.5) is 9.18 Å². The van der Waals surface area contributed by atoms with Gasteiger partial charge in [-0.25, -0.2) is 9.18 Å². The van der Waals surface area contributed by atoms with Gasteiger partial charge in [0, 0.05) is 26.1 Å². The molecular weight excluding hydrogens is 389 g/mol. The van der Waals surface area contributed by atoms with E-state index in [1.165, 1.54) is 12.1 Å². The fraction of sp³-hybridized carbons (Fsp3) is 0.591. The molecule has 8 heteroatoms. The van der Waals surface area contributed by atoms with E-state index < -0.39 is 11.7 Å². The Balaban J connectivity index is 1.61.